The Hall–Kier alpha value is -0.570. The van der Waals surface area contributed by atoms with Gasteiger partial charge in [-0.05, 0) is 32.2 Å². The van der Waals surface area contributed by atoms with Crippen molar-refractivity contribution in [2.24, 2.45) is 0 Å². The van der Waals surface area contributed by atoms with E-state index < -0.39 is 0 Å². The monoisotopic (exact) mass is 182 g/mol. The summed E-state index contributed by atoms with van der Waals surface area (Å²) in [6, 6.07) is 0.565. The zero-order chi connectivity index (χ0) is 9.10. The Bertz CT molecular complexity index is 181. The van der Waals surface area contributed by atoms with Crippen LogP contribution in [0.3, 0.4) is 0 Å². The lowest BCUT2D eigenvalue weighted by atomic mass is 10.2. The molecular formula is C10H18N2O. The summed E-state index contributed by atoms with van der Waals surface area (Å²) in [6.07, 6.45) is 7.07. The minimum absolute atomic E-state index is 0.0978. The van der Waals surface area contributed by atoms with E-state index in [0.717, 1.165) is 19.4 Å². The number of carbonyl (C=O) groups is 1. The highest BCUT2D eigenvalue weighted by Gasteiger charge is 2.25. The molecule has 2 fully saturated rings. The van der Waals surface area contributed by atoms with Gasteiger partial charge in [0, 0.05) is 6.04 Å². The van der Waals surface area contributed by atoms with Crippen LogP contribution in [-0.2, 0) is 4.79 Å². The summed E-state index contributed by atoms with van der Waals surface area (Å²) in [5.41, 5.74) is 0. The molecule has 0 aromatic heterocycles. The first-order valence-electron chi connectivity index (χ1n) is 5.40. The van der Waals surface area contributed by atoms with Crippen LogP contribution in [0.15, 0.2) is 0 Å². The molecule has 0 unspecified atom stereocenters. The summed E-state index contributed by atoms with van der Waals surface area (Å²) in [5.74, 6) is 0.226. The van der Waals surface area contributed by atoms with Gasteiger partial charge in [-0.25, -0.2) is 0 Å². The van der Waals surface area contributed by atoms with Crippen LogP contribution in [0.5, 0.6) is 0 Å². The van der Waals surface area contributed by atoms with Crippen LogP contribution in [0.25, 0.3) is 0 Å². The molecule has 2 N–H and O–H groups in total. The van der Waals surface area contributed by atoms with Gasteiger partial charge >= 0.3 is 0 Å². The summed E-state index contributed by atoms with van der Waals surface area (Å²) in [5, 5.41) is 6.34. The first kappa shape index (κ1) is 9.00. The van der Waals surface area contributed by atoms with Crippen molar-refractivity contribution in [2.75, 3.05) is 6.54 Å². The largest absolute Gasteiger partial charge is 0.352 e. The molecule has 0 aromatic rings. The van der Waals surface area contributed by atoms with Crippen molar-refractivity contribution in [3.8, 4) is 0 Å². The molecule has 0 radical (unpaired) electrons. The van der Waals surface area contributed by atoms with E-state index in [-0.39, 0.29) is 11.9 Å². The lowest BCUT2D eigenvalue weighted by Crippen LogP contribution is -2.44. The van der Waals surface area contributed by atoms with Gasteiger partial charge in [-0.2, -0.15) is 0 Å². The van der Waals surface area contributed by atoms with Crippen LogP contribution >= 0.6 is 0 Å². The second-order valence-electron chi connectivity index (χ2n) is 4.14. The average Bonchev–Trinajstić information content (AvgIpc) is 2.74. The Labute approximate surface area is 79.3 Å². The molecule has 0 aromatic carbocycles. The highest BCUT2D eigenvalue weighted by Crippen LogP contribution is 2.18. The summed E-state index contributed by atoms with van der Waals surface area (Å²) >= 11 is 0. The van der Waals surface area contributed by atoms with Gasteiger partial charge in [-0.1, -0.05) is 12.8 Å². The fraction of sp³-hybridized carbons (Fsp3) is 0.900. The molecule has 1 aliphatic carbocycles. The molecule has 1 heterocycles. The van der Waals surface area contributed by atoms with Gasteiger partial charge in [-0.3, -0.25) is 4.79 Å². The fourth-order valence-corrected chi connectivity index (χ4v) is 2.28. The molecule has 0 spiro atoms. The molecule has 1 saturated carbocycles. The topological polar surface area (TPSA) is 41.1 Å². The van der Waals surface area contributed by atoms with E-state index in [1.54, 1.807) is 0 Å². The zero-order valence-electron chi connectivity index (χ0n) is 8.01. The van der Waals surface area contributed by atoms with Crippen LogP contribution < -0.4 is 10.6 Å². The Morgan fingerprint density at radius 2 is 1.92 bits per heavy atom. The van der Waals surface area contributed by atoms with Crippen molar-refractivity contribution in [2.45, 2.75) is 50.6 Å². The van der Waals surface area contributed by atoms with Gasteiger partial charge in [0.1, 0.15) is 0 Å². The maximum Gasteiger partial charge on any atom is 0.237 e. The third kappa shape index (κ3) is 2.21. The lowest BCUT2D eigenvalue weighted by molar-refractivity contribution is -0.123. The van der Waals surface area contributed by atoms with Crippen molar-refractivity contribution in [1.29, 1.82) is 0 Å². The number of carbonyl (C=O) groups excluding carboxylic acids is 1. The minimum Gasteiger partial charge on any atom is -0.352 e. The van der Waals surface area contributed by atoms with Crippen LogP contribution in [-0.4, -0.2) is 24.5 Å². The number of hydrogen-bond donors (Lipinski definition) is 2. The molecule has 1 atom stereocenters. The first-order chi connectivity index (χ1) is 6.36. The highest BCUT2D eigenvalue weighted by molar-refractivity contribution is 5.82. The molecule has 0 bridgehead atoms. The zero-order valence-corrected chi connectivity index (χ0v) is 8.01. The third-order valence-corrected chi connectivity index (χ3v) is 3.08. The van der Waals surface area contributed by atoms with E-state index in [2.05, 4.69) is 10.6 Å². The number of rotatable bonds is 2. The van der Waals surface area contributed by atoms with E-state index in [4.69, 9.17) is 0 Å². The van der Waals surface area contributed by atoms with Crippen molar-refractivity contribution < 1.29 is 4.79 Å². The van der Waals surface area contributed by atoms with Gasteiger partial charge in [0.15, 0.2) is 0 Å². The van der Waals surface area contributed by atoms with Crippen LogP contribution in [0, 0.1) is 0 Å². The van der Waals surface area contributed by atoms with Crippen molar-refractivity contribution in [3.05, 3.63) is 0 Å². The number of amides is 1. The van der Waals surface area contributed by atoms with Gasteiger partial charge in [0.05, 0.1) is 6.04 Å². The van der Waals surface area contributed by atoms with Gasteiger partial charge in [-0.15, -0.1) is 0 Å². The van der Waals surface area contributed by atoms with Crippen LogP contribution in [0.2, 0.25) is 0 Å². The molecule has 13 heavy (non-hydrogen) atoms. The summed E-state index contributed by atoms with van der Waals surface area (Å²) in [4.78, 5) is 11.6. The Morgan fingerprint density at radius 3 is 2.54 bits per heavy atom. The minimum atomic E-state index is 0.0978. The normalized spacial score (nSPS) is 29.4. The molecule has 3 heteroatoms. The Balaban J connectivity index is 1.76. The van der Waals surface area contributed by atoms with E-state index in [0.29, 0.717) is 6.04 Å². The quantitative estimate of drug-likeness (QED) is 0.663. The van der Waals surface area contributed by atoms with Crippen molar-refractivity contribution in [3.63, 3.8) is 0 Å². The van der Waals surface area contributed by atoms with Crippen molar-refractivity contribution >= 4 is 5.91 Å². The molecule has 2 rings (SSSR count). The smallest absolute Gasteiger partial charge is 0.237 e. The van der Waals surface area contributed by atoms with Crippen LogP contribution in [0.4, 0.5) is 0 Å². The number of nitrogens with one attached hydrogen (secondary N) is 2. The highest BCUT2D eigenvalue weighted by atomic mass is 16.2. The maximum absolute atomic E-state index is 11.6. The van der Waals surface area contributed by atoms with Crippen LogP contribution in [0.1, 0.15) is 38.5 Å². The fourth-order valence-electron chi connectivity index (χ4n) is 2.28. The Kier molecular flexibility index (Phi) is 2.83. The molecule has 1 saturated heterocycles. The van der Waals surface area contributed by atoms with Gasteiger partial charge in [0.25, 0.3) is 0 Å². The number of hydrogen-bond acceptors (Lipinski definition) is 2. The predicted octanol–water partition coefficient (Wildman–Crippen LogP) is 0.797. The first-order valence-corrected chi connectivity index (χ1v) is 5.40. The van der Waals surface area contributed by atoms with Gasteiger partial charge < -0.3 is 10.6 Å². The predicted molar refractivity (Wildman–Crippen MR) is 51.4 cm³/mol. The summed E-state index contributed by atoms with van der Waals surface area (Å²) < 4.78 is 0. The SMILES string of the molecule is O=C(NC1CCCC1)[C@@H]1CCCN1. The second-order valence-corrected chi connectivity index (χ2v) is 4.14. The van der Waals surface area contributed by atoms with E-state index in [1.165, 1.54) is 25.7 Å². The molecular weight excluding hydrogens is 164 g/mol. The third-order valence-electron chi connectivity index (χ3n) is 3.08. The summed E-state index contributed by atoms with van der Waals surface area (Å²) in [7, 11) is 0. The van der Waals surface area contributed by atoms with E-state index in [9.17, 15) is 4.79 Å². The average molecular weight is 182 g/mol. The Morgan fingerprint density at radius 1 is 1.15 bits per heavy atom. The van der Waals surface area contributed by atoms with Crippen molar-refractivity contribution in [1.82, 2.24) is 10.6 Å². The summed E-state index contributed by atoms with van der Waals surface area (Å²) in [6.45, 7) is 1.00. The van der Waals surface area contributed by atoms with E-state index >= 15 is 0 Å². The molecule has 1 aliphatic heterocycles. The molecule has 74 valence electrons. The molecule has 2 aliphatic rings. The molecule has 1 amide bonds. The lowest BCUT2D eigenvalue weighted by Gasteiger charge is -2.15. The second kappa shape index (κ2) is 4.09. The van der Waals surface area contributed by atoms with Gasteiger partial charge in [0.2, 0.25) is 5.91 Å². The molecule has 3 nitrogen and oxygen atoms in total. The van der Waals surface area contributed by atoms with E-state index in [1.807, 2.05) is 0 Å². The standard InChI is InChI=1S/C10H18N2O/c13-10(9-6-3-7-11-9)12-8-4-1-2-5-8/h8-9,11H,1-7H2,(H,12,13)/t9-/m0/s1. The maximum atomic E-state index is 11.6.